The molecule has 2 amide bonds. The highest BCUT2D eigenvalue weighted by atomic mass is 35.5. The van der Waals surface area contributed by atoms with Crippen LogP contribution >= 0.6 is 11.6 Å². The molecule has 1 atom stereocenters. The van der Waals surface area contributed by atoms with Crippen molar-refractivity contribution in [3.63, 3.8) is 0 Å². The van der Waals surface area contributed by atoms with E-state index in [9.17, 15) is 9.59 Å². The van der Waals surface area contributed by atoms with E-state index in [1.807, 2.05) is 33.0 Å². The van der Waals surface area contributed by atoms with Gasteiger partial charge in [-0.05, 0) is 59.1 Å². The van der Waals surface area contributed by atoms with Gasteiger partial charge in [0.1, 0.15) is 12.4 Å². The number of halogens is 1. The van der Waals surface area contributed by atoms with Crippen LogP contribution in [0.25, 0.3) is 0 Å². The van der Waals surface area contributed by atoms with Crippen LogP contribution in [0.5, 0.6) is 5.75 Å². The van der Waals surface area contributed by atoms with Crippen LogP contribution in [0, 0.1) is 0 Å². The Kier molecular flexibility index (Phi) is 7.89. The summed E-state index contributed by atoms with van der Waals surface area (Å²) in [6.07, 6.45) is 2.40. The SMILES string of the molecule is C[C@@H](CNC(=O)C(=O)Nc1ccc(OCCN(C)C)c(Cl)c1)N(C)C1CC1. The van der Waals surface area contributed by atoms with E-state index in [4.69, 9.17) is 16.3 Å². The number of amides is 2. The first-order valence-electron chi connectivity index (χ1n) is 9.16. The first-order chi connectivity index (χ1) is 12.8. The predicted molar refractivity (Wildman–Crippen MR) is 107 cm³/mol. The quantitative estimate of drug-likeness (QED) is 0.623. The zero-order valence-electron chi connectivity index (χ0n) is 16.4. The van der Waals surface area contributed by atoms with Gasteiger partial charge in [0.25, 0.3) is 0 Å². The lowest BCUT2D eigenvalue weighted by Gasteiger charge is -2.24. The van der Waals surface area contributed by atoms with Crippen molar-refractivity contribution in [1.29, 1.82) is 0 Å². The maximum absolute atomic E-state index is 12.1. The molecule has 1 aromatic carbocycles. The second-order valence-corrected chi connectivity index (χ2v) is 7.61. The van der Waals surface area contributed by atoms with Crippen molar-refractivity contribution in [2.75, 3.05) is 46.2 Å². The van der Waals surface area contributed by atoms with Crippen LogP contribution in [0.3, 0.4) is 0 Å². The molecule has 0 radical (unpaired) electrons. The Morgan fingerprint density at radius 2 is 1.96 bits per heavy atom. The van der Waals surface area contributed by atoms with Crippen LogP contribution in [-0.2, 0) is 9.59 Å². The van der Waals surface area contributed by atoms with Gasteiger partial charge in [0.15, 0.2) is 0 Å². The summed E-state index contributed by atoms with van der Waals surface area (Å²) in [6.45, 7) is 3.74. The number of benzene rings is 1. The molecule has 0 unspecified atom stereocenters. The van der Waals surface area contributed by atoms with Gasteiger partial charge in [-0.3, -0.25) is 14.5 Å². The fraction of sp³-hybridized carbons (Fsp3) is 0.579. The molecule has 0 aromatic heterocycles. The van der Waals surface area contributed by atoms with Gasteiger partial charge >= 0.3 is 11.8 Å². The molecular weight excluding hydrogens is 368 g/mol. The minimum absolute atomic E-state index is 0.183. The molecule has 8 heteroatoms. The number of hydrogen-bond acceptors (Lipinski definition) is 5. The van der Waals surface area contributed by atoms with Gasteiger partial charge in [0.2, 0.25) is 0 Å². The van der Waals surface area contributed by atoms with E-state index >= 15 is 0 Å². The lowest BCUT2D eigenvalue weighted by atomic mass is 10.2. The Bertz CT molecular complexity index is 664. The van der Waals surface area contributed by atoms with Gasteiger partial charge in [-0.15, -0.1) is 0 Å². The molecule has 0 saturated heterocycles. The van der Waals surface area contributed by atoms with Crippen LogP contribution in [0.2, 0.25) is 5.02 Å². The van der Waals surface area contributed by atoms with Gasteiger partial charge in [-0.2, -0.15) is 0 Å². The van der Waals surface area contributed by atoms with Gasteiger partial charge in [-0.1, -0.05) is 11.6 Å². The normalized spacial score (nSPS) is 14.9. The molecule has 7 nitrogen and oxygen atoms in total. The minimum atomic E-state index is -0.714. The van der Waals surface area contributed by atoms with E-state index in [2.05, 4.69) is 15.5 Å². The summed E-state index contributed by atoms with van der Waals surface area (Å²) in [7, 11) is 5.96. The average molecular weight is 397 g/mol. The molecule has 0 bridgehead atoms. The minimum Gasteiger partial charge on any atom is -0.491 e. The molecule has 2 rings (SSSR count). The number of carbonyl (C=O) groups excluding carboxylic acids is 2. The van der Waals surface area contributed by atoms with E-state index < -0.39 is 11.8 Å². The molecule has 1 aliphatic rings. The van der Waals surface area contributed by atoms with Gasteiger partial charge in [0.05, 0.1) is 5.02 Å². The summed E-state index contributed by atoms with van der Waals surface area (Å²) in [5.41, 5.74) is 0.447. The molecule has 1 saturated carbocycles. The fourth-order valence-corrected chi connectivity index (χ4v) is 2.76. The number of nitrogens with one attached hydrogen (secondary N) is 2. The molecule has 1 aromatic rings. The Labute approximate surface area is 166 Å². The number of ether oxygens (including phenoxy) is 1. The van der Waals surface area contributed by atoms with Crippen molar-refractivity contribution < 1.29 is 14.3 Å². The van der Waals surface area contributed by atoms with Crippen molar-refractivity contribution in [3.05, 3.63) is 23.2 Å². The van der Waals surface area contributed by atoms with E-state index in [0.29, 0.717) is 35.7 Å². The summed E-state index contributed by atoms with van der Waals surface area (Å²) in [5.74, 6) is -0.833. The Morgan fingerprint density at radius 3 is 2.56 bits per heavy atom. The fourth-order valence-electron chi connectivity index (χ4n) is 2.53. The zero-order chi connectivity index (χ0) is 20.0. The van der Waals surface area contributed by atoms with E-state index in [-0.39, 0.29) is 6.04 Å². The lowest BCUT2D eigenvalue weighted by Crippen LogP contribution is -2.44. The predicted octanol–water partition coefficient (Wildman–Crippen LogP) is 1.82. The van der Waals surface area contributed by atoms with Crippen molar-refractivity contribution in [2.24, 2.45) is 0 Å². The highest BCUT2D eigenvalue weighted by molar-refractivity contribution is 6.40. The van der Waals surface area contributed by atoms with Crippen LogP contribution in [0.1, 0.15) is 19.8 Å². The maximum atomic E-state index is 12.1. The number of rotatable bonds is 9. The second kappa shape index (κ2) is 9.92. The average Bonchev–Trinajstić information content (AvgIpc) is 3.45. The van der Waals surface area contributed by atoms with Crippen LogP contribution in [-0.4, -0.2) is 74.5 Å². The summed E-state index contributed by atoms with van der Waals surface area (Å²) in [5, 5.41) is 5.62. The van der Waals surface area contributed by atoms with Gasteiger partial charge < -0.3 is 20.3 Å². The van der Waals surface area contributed by atoms with E-state index in [1.54, 1.807) is 18.2 Å². The molecule has 2 N–H and O–H groups in total. The number of anilines is 1. The molecular formula is C19H29ClN4O3. The molecule has 0 aliphatic heterocycles. The number of likely N-dealkylation sites (N-methyl/N-ethyl adjacent to an activating group) is 2. The topological polar surface area (TPSA) is 73.9 Å². The smallest absolute Gasteiger partial charge is 0.313 e. The molecule has 150 valence electrons. The molecule has 1 fully saturated rings. The third-order valence-electron chi connectivity index (χ3n) is 4.57. The highest BCUT2D eigenvalue weighted by Gasteiger charge is 2.29. The zero-order valence-corrected chi connectivity index (χ0v) is 17.2. The lowest BCUT2D eigenvalue weighted by molar-refractivity contribution is -0.136. The van der Waals surface area contributed by atoms with Crippen molar-refractivity contribution in [1.82, 2.24) is 15.1 Å². The third kappa shape index (κ3) is 7.01. The molecule has 0 spiro atoms. The molecule has 27 heavy (non-hydrogen) atoms. The summed E-state index contributed by atoms with van der Waals surface area (Å²) < 4.78 is 5.60. The standard InChI is InChI=1S/C19H29ClN4O3/c1-13(24(4)15-6-7-15)12-21-18(25)19(26)22-14-5-8-17(16(20)11-14)27-10-9-23(2)3/h5,8,11,13,15H,6-7,9-10,12H2,1-4H3,(H,21,25)(H,22,26)/t13-/m0/s1. The Morgan fingerprint density at radius 1 is 1.26 bits per heavy atom. The number of nitrogens with zero attached hydrogens (tertiary/aromatic N) is 2. The van der Waals surface area contributed by atoms with Crippen LogP contribution in [0.15, 0.2) is 18.2 Å². The van der Waals surface area contributed by atoms with E-state index in [1.165, 1.54) is 12.8 Å². The monoisotopic (exact) mass is 396 g/mol. The number of carbonyl (C=O) groups is 2. The van der Waals surface area contributed by atoms with Crippen molar-refractivity contribution >= 4 is 29.1 Å². The molecule has 0 heterocycles. The summed E-state index contributed by atoms with van der Waals surface area (Å²) in [4.78, 5) is 28.3. The molecule has 1 aliphatic carbocycles. The summed E-state index contributed by atoms with van der Waals surface area (Å²) in [6, 6.07) is 5.69. The first-order valence-corrected chi connectivity index (χ1v) is 9.54. The summed E-state index contributed by atoms with van der Waals surface area (Å²) >= 11 is 6.18. The van der Waals surface area contributed by atoms with Gasteiger partial charge in [0, 0.05) is 30.9 Å². The Hall–Kier alpha value is -1.83. The van der Waals surface area contributed by atoms with E-state index in [0.717, 1.165) is 6.54 Å². The third-order valence-corrected chi connectivity index (χ3v) is 4.86. The maximum Gasteiger partial charge on any atom is 0.313 e. The largest absolute Gasteiger partial charge is 0.491 e. The van der Waals surface area contributed by atoms with Crippen LogP contribution in [0.4, 0.5) is 5.69 Å². The first kappa shape index (κ1) is 21.5. The Balaban J connectivity index is 1.79. The van der Waals surface area contributed by atoms with Gasteiger partial charge in [-0.25, -0.2) is 0 Å². The van der Waals surface area contributed by atoms with Crippen LogP contribution < -0.4 is 15.4 Å². The second-order valence-electron chi connectivity index (χ2n) is 7.21. The van der Waals surface area contributed by atoms with Crippen molar-refractivity contribution in [3.8, 4) is 5.75 Å². The van der Waals surface area contributed by atoms with Crippen molar-refractivity contribution in [2.45, 2.75) is 31.8 Å². The highest BCUT2D eigenvalue weighted by Crippen LogP contribution is 2.28. The number of hydrogen-bond donors (Lipinski definition) is 2.